The SMILES string of the molecule is CC1=Nn2c(nnc(C)c2=O)C1C(N)=O. The summed E-state index contributed by atoms with van der Waals surface area (Å²) in [7, 11) is 0. The lowest BCUT2D eigenvalue weighted by Gasteiger charge is -2.04. The molecule has 2 heterocycles. The van der Waals surface area contributed by atoms with Crippen molar-refractivity contribution in [1.82, 2.24) is 14.9 Å². The van der Waals surface area contributed by atoms with E-state index in [9.17, 15) is 9.59 Å². The Hall–Kier alpha value is -2.05. The van der Waals surface area contributed by atoms with Gasteiger partial charge in [0.25, 0.3) is 5.56 Å². The molecule has 7 heteroatoms. The monoisotopic (exact) mass is 207 g/mol. The number of aromatic nitrogens is 3. The molecular weight excluding hydrogens is 198 g/mol. The van der Waals surface area contributed by atoms with Crippen LogP contribution in [0, 0.1) is 6.92 Å². The first-order chi connectivity index (χ1) is 7.02. The molecule has 1 atom stereocenters. The highest BCUT2D eigenvalue weighted by Crippen LogP contribution is 2.19. The number of primary amides is 1. The van der Waals surface area contributed by atoms with Crippen LogP contribution in [0.1, 0.15) is 24.4 Å². The first-order valence-electron chi connectivity index (χ1n) is 4.33. The molecule has 0 aliphatic carbocycles. The van der Waals surface area contributed by atoms with Crippen LogP contribution >= 0.6 is 0 Å². The van der Waals surface area contributed by atoms with Crippen LogP contribution in [0.15, 0.2) is 9.90 Å². The highest BCUT2D eigenvalue weighted by atomic mass is 16.2. The topological polar surface area (TPSA) is 103 Å². The molecule has 78 valence electrons. The van der Waals surface area contributed by atoms with Crippen molar-refractivity contribution in [2.45, 2.75) is 19.8 Å². The van der Waals surface area contributed by atoms with Gasteiger partial charge in [0.15, 0.2) is 5.82 Å². The Morgan fingerprint density at radius 1 is 1.40 bits per heavy atom. The van der Waals surface area contributed by atoms with Crippen LogP contribution in [0.4, 0.5) is 0 Å². The normalized spacial score (nSPS) is 18.5. The minimum absolute atomic E-state index is 0.190. The summed E-state index contributed by atoms with van der Waals surface area (Å²) in [6.07, 6.45) is 0. The largest absolute Gasteiger partial charge is 0.369 e. The highest BCUT2D eigenvalue weighted by Gasteiger charge is 2.32. The summed E-state index contributed by atoms with van der Waals surface area (Å²) in [6.45, 7) is 3.16. The number of nitrogens with zero attached hydrogens (tertiary/aromatic N) is 4. The van der Waals surface area contributed by atoms with Crippen molar-refractivity contribution in [2.24, 2.45) is 10.8 Å². The van der Waals surface area contributed by atoms with E-state index in [1.807, 2.05) is 0 Å². The molecule has 1 aliphatic heterocycles. The molecule has 0 saturated heterocycles. The Bertz CT molecular complexity index is 530. The number of nitrogens with two attached hydrogens (primary N) is 1. The van der Waals surface area contributed by atoms with Crippen molar-refractivity contribution in [3.63, 3.8) is 0 Å². The molecule has 0 bridgehead atoms. The molecule has 1 aliphatic rings. The van der Waals surface area contributed by atoms with Gasteiger partial charge < -0.3 is 5.73 Å². The number of rotatable bonds is 1. The Balaban J connectivity index is 2.70. The van der Waals surface area contributed by atoms with E-state index in [-0.39, 0.29) is 17.1 Å². The van der Waals surface area contributed by atoms with Gasteiger partial charge in [0.2, 0.25) is 5.91 Å². The summed E-state index contributed by atoms with van der Waals surface area (Å²) < 4.78 is 1.08. The van der Waals surface area contributed by atoms with Crippen LogP contribution in [-0.4, -0.2) is 26.5 Å². The van der Waals surface area contributed by atoms with E-state index in [4.69, 9.17) is 5.73 Å². The van der Waals surface area contributed by atoms with Crippen LogP contribution in [-0.2, 0) is 4.79 Å². The number of amides is 1. The average molecular weight is 207 g/mol. The van der Waals surface area contributed by atoms with Gasteiger partial charge >= 0.3 is 0 Å². The number of hydrogen-bond acceptors (Lipinski definition) is 5. The number of carbonyl (C=O) groups excluding carboxylic acids is 1. The molecule has 15 heavy (non-hydrogen) atoms. The maximum Gasteiger partial charge on any atom is 0.295 e. The zero-order chi connectivity index (χ0) is 11.2. The first kappa shape index (κ1) is 9.50. The lowest BCUT2D eigenvalue weighted by atomic mass is 10.0. The molecule has 1 aromatic rings. The number of carbonyl (C=O) groups is 1. The van der Waals surface area contributed by atoms with E-state index in [0.29, 0.717) is 5.71 Å². The molecule has 0 saturated carbocycles. The molecule has 0 spiro atoms. The molecule has 1 amide bonds. The summed E-state index contributed by atoms with van der Waals surface area (Å²) in [5, 5.41) is 11.4. The summed E-state index contributed by atoms with van der Waals surface area (Å²) in [6, 6.07) is 0. The van der Waals surface area contributed by atoms with Crippen LogP contribution in [0.5, 0.6) is 0 Å². The van der Waals surface area contributed by atoms with Gasteiger partial charge in [-0.2, -0.15) is 9.78 Å². The third-order valence-electron chi connectivity index (χ3n) is 2.24. The fourth-order valence-electron chi connectivity index (χ4n) is 1.48. The van der Waals surface area contributed by atoms with Crippen LogP contribution < -0.4 is 11.3 Å². The van der Waals surface area contributed by atoms with E-state index in [0.717, 1.165) is 4.68 Å². The second kappa shape index (κ2) is 2.97. The molecule has 1 aromatic heterocycles. The Kier molecular flexibility index (Phi) is 1.88. The van der Waals surface area contributed by atoms with Crippen molar-refractivity contribution >= 4 is 11.6 Å². The first-order valence-corrected chi connectivity index (χ1v) is 4.33. The van der Waals surface area contributed by atoms with Gasteiger partial charge in [-0.25, -0.2) is 0 Å². The predicted molar refractivity (Wildman–Crippen MR) is 51.5 cm³/mol. The van der Waals surface area contributed by atoms with Gasteiger partial charge in [0, 0.05) is 0 Å². The summed E-state index contributed by atoms with van der Waals surface area (Å²) in [5.41, 5.74) is 5.51. The van der Waals surface area contributed by atoms with Crippen LogP contribution in [0.3, 0.4) is 0 Å². The minimum Gasteiger partial charge on any atom is -0.369 e. The molecule has 7 nitrogen and oxygen atoms in total. The van der Waals surface area contributed by atoms with Crippen molar-refractivity contribution in [3.05, 3.63) is 21.9 Å². The van der Waals surface area contributed by atoms with Crippen molar-refractivity contribution in [3.8, 4) is 0 Å². The van der Waals surface area contributed by atoms with E-state index in [1.54, 1.807) is 6.92 Å². The van der Waals surface area contributed by atoms with Gasteiger partial charge in [-0.3, -0.25) is 9.59 Å². The van der Waals surface area contributed by atoms with Crippen LogP contribution in [0.25, 0.3) is 0 Å². The predicted octanol–water partition coefficient (Wildman–Crippen LogP) is -1.25. The maximum absolute atomic E-state index is 11.6. The van der Waals surface area contributed by atoms with Crippen molar-refractivity contribution in [2.75, 3.05) is 0 Å². The Labute approximate surface area is 84.6 Å². The quantitative estimate of drug-likeness (QED) is 0.621. The van der Waals surface area contributed by atoms with Gasteiger partial charge in [-0.15, -0.1) is 10.2 Å². The molecule has 2 rings (SSSR count). The molecule has 1 unspecified atom stereocenters. The second-order valence-corrected chi connectivity index (χ2v) is 3.34. The zero-order valence-corrected chi connectivity index (χ0v) is 8.26. The van der Waals surface area contributed by atoms with Crippen molar-refractivity contribution < 1.29 is 4.79 Å². The van der Waals surface area contributed by atoms with E-state index >= 15 is 0 Å². The van der Waals surface area contributed by atoms with E-state index in [2.05, 4.69) is 15.3 Å². The van der Waals surface area contributed by atoms with Crippen molar-refractivity contribution in [1.29, 1.82) is 0 Å². The second-order valence-electron chi connectivity index (χ2n) is 3.34. The highest BCUT2D eigenvalue weighted by molar-refractivity contribution is 6.08. The molecule has 2 N–H and O–H groups in total. The lowest BCUT2D eigenvalue weighted by Crippen LogP contribution is -2.29. The smallest absolute Gasteiger partial charge is 0.295 e. The summed E-state index contributed by atoms with van der Waals surface area (Å²) >= 11 is 0. The molecular formula is C8H9N5O2. The van der Waals surface area contributed by atoms with Gasteiger partial charge in [-0.05, 0) is 13.8 Å². The van der Waals surface area contributed by atoms with E-state index in [1.165, 1.54) is 6.92 Å². The number of fused-ring (bicyclic) bond motifs is 1. The molecule has 0 radical (unpaired) electrons. The summed E-state index contributed by atoms with van der Waals surface area (Å²) in [4.78, 5) is 22.7. The number of aryl methyl sites for hydroxylation is 1. The molecule has 0 fully saturated rings. The third kappa shape index (κ3) is 1.24. The Morgan fingerprint density at radius 2 is 2.07 bits per heavy atom. The average Bonchev–Trinajstić information content (AvgIpc) is 2.49. The van der Waals surface area contributed by atoms with Crippen LogP contribution in [0.2, 0.25) is 0 Å². The maximum atomic E-state index is 11.6. The minimum atomic E-state index is -0.745. The lowest BCUT2D eigenvalue weighted by molar-refractivity contribution is -0.118. The van der Waals surface area contributed by atoms with Gasteiger partial charge in [0.1, 0.15) is 11.6 Å². The number of hydrogen-bond donors (Lipinski definition) is 1. The molecule has 0 aromatic carbocycles. The van der Waals surface area contributed by atoms with Gasteiger partial charge in [0.05, 0.1) is 5.71 Å². The standard InChI is InChI=1S/C8H9N5O2/c1-3-5(6(9)14)7-11-10-4(2)8(15)13(7)12-3/h5H,1-2H3,(H2,9,14). The fraction of sp³-hybridized carbons (Fsp3) is 0.375. The third-order valence-corrected chi connectivity index (χ3v) is 2.24. The Morgan fingerprint density at radius 3 is 2.67 bits per heavy atom. The fourth-order valence-corrected chi connectivity index (χ4v) is 1.48. The van der Waals surface area contributed by atoms with E-state index < -0.39 is 11.8 Å². The van der Waals surface area contributed by atoms with Gasteiger partial charge in [-0.1, -0.05) is 0 Å². The summed E-state index contributed by atoms with van der Waals surface area (Å²) in [5.74, 6) is -1.14. The zero-order valence-electron chi connectivity index (χ0n) is 8.26.